The number of nitrogens with zero attached hydrogens (tertiary/aromatic N) is 1. The van der Waals surface area contributed by atoms with Gasteiger partial charge in [0.25, 0.3) is 5.91 Å². The number of aryl methyl sites for hydroxylation is 1. The van der Waals surface area contributed by atoms with Crippen LogP contribution in [0.1, 0.15) is 38.3 Å². The number of oxime groups is 1. The van der Waals surface area contributed by atoms with E-state index in [0.717, 1.165) is 16.8 Å². The van der Waals surface area contributed by atoms with Gasteiger partial charge in [-0.2, -0.15) is 0 Å². The van der Waals surface area contributed by atoms with Crippen LogP contribution in [0.3, 0.4) is 0 Å². The second-order valence-electron chi connectivity index (χ2n) is 6.10. The Morgan fingerprint density at radius 3 is 2.43 bits per heavy atom. The molecule has 23 heavy (non-hydrogen) atoms. The first-order chi connectivity index (χ1) is 10.9. The highest BCUT2D eigenvalue weighted by Crippen LogP contribution is 2.17. The zero-order chi connectivity index (χ0) is 17.0. The topological polar surface area (TPSA) is 79.8 Å². The third kappa shape index (κ3) is 4.55. The maximum atomic E-state index is 12.2. The minimum absolute atomic E-state index is 0.0288. The van der Waals surface area contributed by atoms with E-state index in [1.54, 1.807) is 6.92 Å². The van der Waals surface area contributed by atoms with Crippen LogP contribution in [0.4, 0.5) is 0 Å². The second kappa shape index (κ2) is 7.26. The molecule has 0 radical (unpaired) electrons. The fourth-order valence-corrected chi connectivity index (χ4v) is 2.22. The molecule has 1 aliphatic rings. The normalized spacial score (nSPS) is 18.1. The first-order valence-electron chi connectivity index (χ1n) is 7.77. The highest BCUT2D eigenvalue weighted by atomic mass is 16.6. The van der Waals surface area contributed by atoms with Crippen molar-refractivity contribution >= 4 is 17.5 Å². The molecular weight excluding hydrogens is 294 g/mol. The SMILES string of the molecule is Cc1ccc(C2=NO[C@H](C(=O)N[C@@H](C)C(=O)NC(C)C)C2)cc1. The van der Waals surface area contributed by atoms with Crippen LogP contribution in [-0.2, 0) is 14.4 Å². The second-order valence-corrected chi connectivity index (χ2v) is 6.10. The van der Waals surface area contributed by atoms with Crippen LogP contribution < -0.4 is 10.6 Å². The quantitative estimate of drug-likeness (QED) is 0.864. The van der Waals surface area contributed by atoms with Gasteiger partial charge in [-0.15, -0.1) is 0 Å². The average molecular weight is 317 g/mol. The predicted molar refractivity (Wildman–Crippen MR) is 88.1 cm³/mol. The number of carbonyl (C=O) groups is 2. The number of rotatable bonds is 5. The number of hydrogen-bond donors (Lipinski definition) is 2. The molecule has 0 unspecified atom stereocenters. The Morgan fingerprint density at radius 1 is 1.17 bits per heavy atom. The minimum atomic E-state index is -0.694. The maximum Gasteiger partial charge on any atom is 0.264 e. The molecule has 2 rings (SSSR count). The predicted octanol–water partition coefficient (Wildman–Crippen LogP) is 1.52. The molecule has 6 heteroatoms. The van der Waals surface area contributed by atoms with Crippen molar-refractivity contribution in [2.75, 3.05) is 0 Å². The van der Waals surface area contributed by atoms with E-state index in [2.05, 4.69) is 15.8 Å². The van der Waals surface area contributed by atoms with Crippen molar-refractivity contribution in [2.24, 2.45) is 5.16 Å². The lowest BCUT2D eigenvalue weighted by molar-refractivity contribution is -0.135. The molecule has 0 saturated heterocycles. The lowest BCUT2D eigenvalue weighted by atomic mass is 10.0. The van der Waals surface area contributed by atoms with Crippen LogP contribution in [-0.4, -0.2) is 35.7 Å². The molecule has 0 aliphatic carbocycles. The number of amides is 2. The van der Waals surface area contributed by atoms with E-state index in [-0.39, 0.29) is 17.9 Å². The Morgan fingerprint density at radius 2 is 1.83 bits per heavy atom. The van der Waals surface area contributed by atoms with E-state index in [1.165, 1.54) is 0 Å². The molecular formula is C17H23N3O3. The molecule has 2 N–H and O–H groups in total. The average Bonchev–Trinajstić information content (AvgIpc) is 2.97. The van der Waals surface area contributed by atoms with Crippen LogP contribution in [0.25, 0.3) is 0 Å². The molecule has 0 spiro atoms. The lowest BCUT2D eigenvalue weighted by Gasteiger charge is -2.17. The largest absolute Gasteiger partial charge is 0.382 e. The van der Waals surface area contributed by atoms with Crippen molar-refractivity contribution in [1.29, 1.82) is 0 Å². The summed E-state index contributed by atoms with van der Waals surface area (Å²) >= 11 is 0. The van der Waals surface area contributed by atoms with Gasteiger partial charge < -0.3 is 15.5 Å². The number of hydrogen-bond acceptors (Lipinski definition) is 4. The summed E-state index contributed by atoms with van der Waals surface area (Å²) in [4.78, 5) is 29.2. The van der Waals surface area contributed by atoms with Gasteiger partial charge in [-0.3, -0.25) is 9.59 Å². The van der Waals surface area contributed by atoms with Crippen molar-refractivity contribution in [3.63, 3.8) is 0 Å². The monoisotopic (exact) mass is 317 g/mol. The molecule has 0 fully saturated rings. The Labute approximate surface area is 136 Å². The van der Waals surface area contributed by atoms with Gasteiger partial charge in [-0.25, -0.2) is 0 Å². The van der Waals surface area contributed by atoms with E-state index in [1.807, 2.05) is 45.0 Å². The molecule has 1 aromatic rings. The van der Waals surface area contributed by atoms with Crippen LogP contribution in [0.15, 0.2) is 29.4 Å². The van der Waals surface area contributed by atoms with Gasteiger partial charge in [0.05, 0.1) is 5.71 Å². The summed E-state index contributed by atoms with van der Waals surface area (Å²) in [6, 6.07) is 7.30. The first-order valence-corrected chi connectivity index (χ1v) is 7.77. The molecule has 1 aromatic carbocycles. The summed E-state index contributed by atoms with van der Waals surface area (Å²) in [5, 5.41) is 9.41. The number of benzene rings is 1. The van der Waals surface area contributed by atoms with E-state index in [0.29, 0.717) is 6.42 Å². The fraction of sp³-hybridized carbons (Fsp3) is 0.471. The molecule has 2 amide bonds. The van der Waals surface area contributed by atoms with Gasteiger partial charge in [-0.1, -0.05) is 35.0 Å². The first kappa shape index (κ1) is 17.0. The van der Waals surface area contributed by atoms with Gasteiger partial charge in [0.1, 0.15) is 6.04 Å². The molecule has 6 nitrogen and oxygen atoms in total. The van der Waals surface area contributed by atoms with E-state index in [9.17, 15) is 9.59 Å². The van der Waals surface area contributed by atoms with Crippen molar-refractivity contribution in [3.8, 4) is 0 Å². The Kier molecular flexibility index (Phi) is 5.36. The van der Waals surface area contributed by atoms with E-state index in [4.69, 9.17) is 4.84 Å². The van der Waals surface area contributed by atoms with Gasteiger partial charge in [0.15, 0.2) is 0 Å². The molecule has 1 aliphatic heterocycles. The summed E-state index contributed by atoms with van der Waals surface area (Å²) in [5.74, 6) is -0.548. The van der Waals surface area contributed by atoms with Crippen molar-refractivity contribution in [3.05, 3.63) is 35.4 Å². The molecule has 124 valence electrons. The third-order valence-electron chi connectivity index (χ3n) is 3.53. The molecule has 0 saturated carbocycles. The molecule has 0 bridgehead atoms. The van der Waals surface area contributed by atoms with Crippen LogP contribution in [0.2, 0.25) is 0 Å². The number of nitrogens with one attached hydrogen (secondary N) is 2. The highest BCUT2D eigenvalue weighted by Gasteiger charge is 2.30. The van der Waals surface area contributed by atoms with Crippen LogP contribution in [0.5, 0.6) is 0 Å². The van der Waals surface area contributed by atoms with Gasteiger partial charge >= 0.3 is 0 Å². The van der Waals surface area contributed by atoms with E-state index >= 15 is 0 Å². The third-order valence-corrected chi connectivity index (χ3v) is 3.53. The smallest absolute Gasteiger partial charge is 0.264 e. The minimum Gasteiger partial charge on any atom is -0.382 e. The van der Waals surface area contributed by atoms with Gasteiger partial charge in [-0.05, 0) is 33.3 Å². The Balaban J connectivity index is 1.88. The fourth-order valence-electron chi connectivity index (χ4n) is 2.22. The van der Waals surface area contributed by atoms with Crippen LogP contribution in [0, 0.1) is 6.92 Å². The van der Waals surface area contributed by atoms with Crippen molar-refractivity contribution in [2.45, 2.75) is 52.3 Å². The maximum absolute atomic E-state index is 12.2. The standard InChI is InChI=1S/C17H23N3O3/c1-10(2)18-16(21)12(4)19-17(22)15-9-14(20-23-15)13-7-5-11(3)6-8-13/h5-8,10,12,15H,9H2,1-4H3,(H,18,21)(H,19,22)/t12-,15-/m0/s1. The summed E-state index contributed by atoms with van der Waals surface area (Å²) in [6.07, 6.45) is -0.298. The summed E-state index contributed by atoms with van der Waals surface area (Å²) in [7, 11) is 0. The van der Waals surface area contributed by atoms with Crippen molar-refractivity contribution < 1.29 is 14.4 Å². The van der Waals surface area contributed by atoms with E-state index < -0.39 is 12.1 Å². The molecule has 1 heterocycles. The molecule has 2 atom stereocenters. The lowest BCUT2D eigenvalue weighted by Crippen LogP contribution is -2.49. The zero-order valence-corrected chi connectivity index (χ0v) is 13.9. The zero-order valence-electron chi connectivity index (χ0n) is 13.9. The van der Waals surface area contributed by atoms with Gasteiger partial charge in [0, 0.05) is 12.5 Å². The summed E-state index contributed by atoms with van der Waals surface area (Å²) < 4.78 is 0. The number of carbonyl (C=O) groups excluding carboxylic acids is 2. The Hall–Kier alpha value is -2.37. The van der Waals surface area contributed by atoms with Gasteiger partial charge in [0.2, 0.25) is 12.0 Å². The highest BCUT2D eigenvalue weighted by molar-refractivity contribution is 6.04. The molecule has 0 aromatic heterocycles. The Bertz CT molecular complexity index is 608. The summed E-state index contributed by atoms with van der Waals surface area (Å²) in [6.45, 7) is 7.39. The summed E-state index contributed by atoms with van der Waals surface area (Å²) in [5.41, 5.74) is 2.84. The van der Waals surface area contributed by atoms with Crippen LogP contribution >= 0.6 is 0 Å². The van der Waals surface area contributed by atoms with Crippen molar-refractivity contribution in [1.82, 2.24) is 10.6 Å².